The van der Waals surface area contributed by atoms with Crippen molar-refractivity contribution in [1.82, 2.24) is 9.78 Å². The molecule has 1 N–H and O–H groups in total. The maximum Gasteiger partial charge on any atom is 0.280 e. The van der Waals surface area contributed by atoms with Gasteiger partial charge in [0.2, 0.25) is 0 Å². The van der Waals surface area contributed by atoms with Crippen LogP contribution in [0.25, 0.3) is 11.1 Å². The minimum atomic E-state index is -3.01. The van der Waals surface area contributed by atoms with Crippen molar-refractivity contribution in [1.29, 1.82) is 0 Å². The summed E-state index contributed by atoms with van der Waals surface area (Å²) in [6.45, 7) is 0. The van der Waals surface area contributed by atoms with Crippen molar-refractivity contribution in [2.24, 2.45) is 7.05 Å². The highest BCUT2D eigenvalue weighted by Gasteiger charge is 2.28. The SMILES string of the molecule is Cn1nc(Cl)c(C(=O)Nc2ccccc2-c2cc(F)c(F)c(F)c2)c1C(F)F. The van der Waals surface area contributed by atoms with E-state index in [1.807, 2.05) is 0 Å². The monoisotopic (exact) mass is 415 g/mol. The van der Waals surface area contributed by atoms with Gasteiger partial charge in [0.25, 0.3) is 12.3 Å². The molecule has 1 aromatic heterocycles. The number of halogens is 6. The van der Waals surface area contributed by atoms with Crippen molar-refractivity contribution in [3.63, 3.8) is 0 Å². The third kappa shape index (κ3) is 3.57. The summed E-state index contributed by atoms with van der Waals surface area (Å²) in [7, 11) is 1.21. The van der Waals surface area contributed by atoms with Gasteiger partial charge in [0, 0.05) is 18.3 Å². The Kier molecular flexibility index (Phi) is 5.37. The highest BCUT2D eigenvalue weighted by atomic mass is 35.5. The Labute approximate surface area is 160 Å². The minimum absolute atomic E-state index is 0.0537. The molecule has 0 saturated heterocycles. The molecule has 0 aliphatic heterocycles. The molecule has 0 fully saturated rings. The van der Waals surface area contributed by atoms with Gasteiger partial charge in [-0.1, -0.05) is 29.8 Å². The summed E-state index contributed by atoms with van der Waals surface area (Å²) in [5.74, 6) is -5.43. The molecule has 0 radical (unpaired) electrons. The lowest BCUT2D eigenvalue weighted by Gasteiger charge is -2.12. The van der Waals surface area contributed by atoms with Gasteiger partial charge in [-0.25, -0.2) is 22.0 Å². The molecular formula is C18H11ClF5N3O. The summed E-state index contributed by atoms with van der Waals surface area (Å²) in [6, 6.07) is 7.34. The zero-order valence-electron chi connectivity index (χ0n) is 14.1. The van der Waals surface area contributed by atoms with Crippen molar-refractivity contribution < 1.29 is 26.7 Å². The molecule has 10 heteroatoms. The van der Waals surface area contributed by atoms with E-state index in [4.69, 9.17) is 11.6 Å². The largest absolute Gasteiger partial charge is 0.321 e. The van der Waals surface area contributed by atoms with Gasteiger partial charge < -0.3 is 5.32 Å². The first-order chi connectivity index (χ1) is 13.2. The Balaban J connectivity index is 2.03. The van der Waals surface area contributed by atoms with E-state index in [0.29, 0.717) is 0 Å². The van der Waals surface area contributed by atoms with Gasteiger partial charge in [-0.05, 0) is 23.8 Å². The van der Waals surface area contributed by atoms with Gasteiger partial charge in [-0.15, -0.1) is 0 Å². The quantitative estimate of drug-likeness (QED) is 0.461. The maximum absolute atomic E-state index is 13.6. The molecule has 2 aromatic carbocycles. The summed E-state index contributed by atoms with van der Waals surface area (Å²) in [4.78, 5) is 12.6. The molecular weight excluding hydrogens is 405 g/mol. The smallest absolute Gasteiger partial charge is 0.280 e. The zero-order valence-corrected chi connectivity index (χ0v) is 14.9. The van der Waals surface area contributed by atoms with Crippen LogP contribution in [0, 0.1) is 17.5 Å². The van der Waals surface area contributed by atoms with Crippen molar-refractivity contribution in [2.45, 2.75) is 6.43 Å². The summed E-state index contributed by atoms with van der Waals surface area (Å²) < 4.78 is 67.6. The second-order valence-corrected chi connectivity index (χ2v) is 6.09. The number of nitrogens with one attached hydrogen (secondary N) is 1. The molecule has 4 nitrogen and oxygen atoms in total. The van der Waals surface area contributed by atoms with Crippen molar-refractivity contribution in [3.8, 4) is 11.1 Å². The third-order valence-corrected chi connectivity index (χ3v) is 4.22. The van der Waals surface area contributed by atoms with E-state index < -0.39 is 46.2 Å². The number of hydrogen-bond donors (Lipinski definition) is 1. The van der Waals surface area contributed by atoms with Crippen LogP contribution in [0.15, 0.2) is 36.4 Å². The van der Waals surface area contributed by atoms with Gasteiger partial charge in [-0.2, -0.15) is 5.10 Å². The minimum Gasteiger partial charge on any atom is -0.321 e. The Morgan fingerprint density at radius 2 is 1.75 bits per heavy atom. The Morgan fingerprint density at radius 1 is 1.14 bits per heavy atom. The molecule has 28 heavy (non-hydrogen) atoms. The lowest BCUT2D eigenvalue weighted by atomic mass is 10.0. The second kappa shape index (κ2) is 7.59. The molecule has 0 aliphatic rings. The maximum atomic E-state index is 13.6. The number of nitrogens with zero attached hydrogens (tertiary/aromatic N) is 2. The molecule has 3 aromatic rings. The van der Waals surface area contributed by atoms with Crippen LogP contribution >= 0.6 is 11.6 Å². The fourth-order valence-corrected chi connectivity index (χ4v) is 3.00. The average Bonchev–Trinajstić information content (AvgIpc) is 2.94. The van der Waals surface area contributed by atoms with E-state index in [2.05, 4.69) is 10.4 Å². The van der Waals surface area contributed by atoms with Crippen LogP contribution in [0.5, 0.6) is 0 Å². The molecule has 0 atom stereocenters. The number of aryl methyl sites for hydroxylation is 1. The normalized spacial score (nSPS) is 11.1. The first-order valence-corrected chi connectivity index (χ1v) is 8.14. The van der Waals surface area contributed by atoms with E-state index in [9.17, 15) is 26.7 Å². The summed E-state index contributed by atoms with van der Waals surface area (Å²) in [6.07, 6.45) is -3.01. The van der Waals surface area contributed by atoms with E-state index in [-0.39, 0.29) is 16.8 Å². The van der Waals surface area contributed by atoms with E-state index in [1.54, 1.807) is 0 Å². The van der Waals surface area contributed by atoms with Crippen LogP contribution < -0.4 is 5.32 Å². The molecule has 0 spiro atoms. The molecule has 1 heterocycles. The summed E-state index contributed by atoms with van der Waals surface area (Å²) in [5.41, 5.74) is -1.06. The van der Waals surface area contributed by atoms with Gasteiger partial charge in [0.15, 0.2) is 22.6 Å². The van der Waals surface area contributed by atoms with E-state index >= 15 is 0 Å². The van der Waals surface area contributed by atoms with Crippen LogP contribution in [0.3, 0.4) is 0 Å². The second-order valence-electron chi connectivity index (χ2n) is 5.73. The Morgan fingerprint density at radius 3 is 2.36 bits per heavy atom. The molecule has 0 bridgehead atoms. The number of carbonyl (C=O) groups excluding carboxylic acids is 1. The van der Waals surface area contributed by atoms with Crippen LogP contribution in [-0.2, 0) is 7.05 Å². The van der Waals surface area contributed by atoms with Gasteiger partial charge in [-0.3, -0.25) is 9.48 Å². The van der Waals surface area contributed by atoms with E-state index in [1.165, 1.54) is 31.3 Å². The molecule has 1 amide bonds. The lowest BCUT2D eigenvalue weighted by Crippen LogP contribution is -2.15. The van der Waals surface area contributed by atoms with Crippen LogP contribution in [0.2, 0.25) is 5.15 Å². The number of carbonyl (C=O) groups is 1. The topological polar surface area (TPSA) is 46.9 Å². The number of alkyl halides is 2. The van der Waals surface area contributed by atoms with Crippen LogP contribution in [-0.4, -0.2) is 15.7 Å². The van der Waals surface area contributed by atoms with Crippen molar-refractivity contribution in [2.75, 3.05) is 5.32 Å². The van der Waals surface area contributed by atoms with Gasteiger partial charge >= 0.3 is 0 Å². The summed E-state index contributed by atoms with van der Waals surface area (Å²) in [5, 5.41) is 5.56. The molecule has 3 rings (SSSR count). The van der Waals surface area contributed by atoms with E-state index in [0.717, 1.165) is 16.8 Å². The number of hydrogen-bond acceptors (Lipinski definition) is 2. The standard InChI is InChI=1S/C18H11ClF5N3O/c1-27-15(17(23)24)13(16(19)26-27)18(28)25-12-5-3-2-4-9(12)8-6-10(20)14(22)11(21)7-8/h2-7,17H,1H3,(H,25,28). The average molecular weight is 416 g/mol. The number of aromatic nitrogens is 2. The van der Waals surface area contributed by atoms with Crippen molar-refractivity contribution in [3.05, 3.63) is 70.3 Å². The lowest BCUT2D eigenvalue weighted by molar-refractivity contribution is 0.100. The zero-order chi connectivity index (χ0) is 20.6. The van der Waals surface area contributed by atoms with Crippen molar-refractivity contribution >= 4 is 23.2 Å². The number of rotatable bonds is 4. The predicted molar refractivity (Wildman–Crippen MR) is 92.9 cm³/mol. The fraction of sp³-hybridized carbons (Fsp3) is 0.111. The number of anilines is 1. The number of benzene rings is 2. The third-order valence-electron chi connectivity index (χ3n) is 3.95. The summed E-state index contributed by atoms with van der Waals surface area (Å²) >= 11 is 5.80. The molecule has 0 aliphatic carbocycles. The van der Waals surface area contributed by atoms with Crippen LogP contribution in [0.4, 0.5) is 27.6 Å². The highest BCUT2D eigenvalue weighted by Crippen LogP contribution is 2.32. The molecule has 0 unspecified atom stereocenters. The molecule has 146 valence electrons. The highest BCUT2D eigenvalue weighted by molar-refractivity contribution is 6.33. The predicted octanol–water partition coefficient (Wildman–Crippen LogP) is 5.35. The van der Waals surface area contributed by atoms with Gasteiger partial charge in [0.1, 0.15) is 11.3 Å². The number of para-hydroxylation sites is 1. The van der Waals surface area contributed by atoms with Crippen LogP contribution in [0.1, 0.15) is 22.5 Å². The Bertz CT molecular complexity index is 1040. The first-order valence-electron chi connectivity index (χ1n) is 7.76. The fourth-order valence-electron chi connectivity index (χ4n) is 2.70. The molecule has 0 saturated carbocycles. The number of amides is 1. The first kappa shape index (κ1) is 19.8. The Hall–Kier alpha value is -2.94. The van der Waals surface area contributed by atoms with Gasteiger partial charge in [0.05, 0.1) is 0 Å².